The molecule has 0 N–H and O–H groups in total. The summed E-state index contributed by atoms with van der Waals surface area (Å²) in [5.41, 5.74) is 4.19. The molecule has 3 rings (SSSR count). The molecule has 1 aromatic carbocycles. The number of ether oxygens (including phenoxy) is 1. The molecule has 0 bridgehead atoms. The van der Waals surface area contributed by atoms with Gasteiger partial charge in [0.25, 0.3) is 0 Å². The highest BCUT2D eigenvalue weighted by Gasteiger charge is 2.36. The van der Waals surface area contributed by atoms with Crippen molar-refractivity contribution in [2.75, 3.05) is 6.61 Å². The predicted octanol–water partition coefficient (Wildman–Crippen LogP) is 5.13. The molecule has 0 unspecified atom stereocenters. The summed E-state index contributed by atoms with van der Waals surface area (Å²) in [7, 11) is 0. The summed E-state index contributed by atoms with van der Waals surface area (Å²) in [6, 6.07) is 10.1. The highest BCUT2D eigenvalue weighted by Crippen LogP contribution is 2.45. The second kappa shape index (κ2) is 7.27. The van der Waals surface area contributed by atoms with Gasteiger partial charge in [-0.15, -0.1) is 0 Å². The predicted molar refractivity (Wildman–Crippen MR) is 107 cm³/mol. The van der Waals surface area contributed by atoms with E-state index in [9.17, 15) is 4.79 Å². The van der Waals surface area contributed by atoms with Crippen LogP contribution in [0.5, 0.6) is 0 Å². The van der Waals surface area contributed by atoms with E-state index in [2.05, 4.69) is 57.7 Å². The van der Waals surface area contributed by atoms with Crippen molar-refractivity contribution >= 4 is 5.97 Å². The molecule has 0 aliphatic heterocycles. The lowest BCUT2D eigenvalue weighted by Crippen LogP contribution is -2.33. The molecule has 1 aliphatic carbocycles. The first-order chi connectivity index (χ1) is 12.7. The highest BCUT2D eigenvalue weighted by atomic mass is 16.5. The molecule has 0 fully saturated rings. The SMILES string of the molecule is CCOC(=O)Cc1ccc(C#Cc2ccc3c(c2)C(C)(C)CCC3(C)C)o1. The highest BCUT2D eigenvalue weighted by molar-refractivity contribution is 5.71. The van der Waals surface area contributed by atoms with Gasteiger partial charge in [0, 0.05) is 5.56 Å². The van der Waals surface area contributed by atoms with E-state index >= 15 is 0 Å². The topological polar surface area (TPSA) is 39.4 Å². The largest absolute Gasteiger partial charge is 0.466 e. The minimum atomic E-state index is -0.286. The second-order valence-corrected chi connectivity index (χ2v) is 8.53. The van der Waals surface area contributed by atoms with Crippen LogP contribution in [0.4, 0.5) is 0 Å². The second-order valence-electron chi connectivity index (χ2n) is 8.53. The molecule has 1 aliphatic rings. The molecule has 0 amide bonds. The van der Waals surface area contributed by atoms with Crippen molar-refractivity contribution in [3.8, 4) is 11.8 Å². The summed E-state index contributed by atoms with van der Waals surface area (Å²) < 4.78 is 10.6. The van der Waals surface area contributed by atoms with Crippen molar-refractivity contribution in [1.29, 1.82) is 0 Å². The smallest absolute Gasteiger partial charge is 0.313 e. The van der Waals surface area contributed by atoms with Crippen molar-refractivity contribution in [2.24, 2.45) is 0 Å². The quantitative estimate of drug-likeness (QED) is 0.559. The van der Waals surface area contributed by atoms with Crippen molar-refractivity contribution < 1.29 is 13.9 Å². The average molecular weight is 364 g/mol. The van der Waals surface area contributed by atoms with E-state index in [0.717, 1.165) is 5.56 Å². The van der Waals surface area contributed by atoms with Crippen molar-refractivity contribution in [1.82, 2.24) is 0 Å². The van der Waals surface area contributed by atoms with Crippen molar-refractivity contribution in [3.05, 3.63) is 58.5 Å². The molecule has 3 heteroatoms. The zero-order chi connectivity index (χ0) is 19.7. The Labute approximate surface area is 162 Å². The summed E-state index contributed by atoms with van der Waals surface area (Å²) in [6.45, 7) is 11.4. The van der Waals surface area contributed by atoms with E-state index in [0.29, 0.717) is 18.1 Å². The van der Waals surface area contributed by atoms with Crippen LogP contribution in [-0.4, -0.2) is 12.6 Å². The molecule has 0 saturated heterocycles. The van der Waals surface area contributed by atoms with Crippen LogP contribution in [0.25, 0.3) is 0 Å². The Morgan fingerprint density at radius 3 is 2.44 bits per heavy atom. The van der Waals surface area contributed by atoms with Gasteiger partial charge in [-0.1, -0.05) is 39.7 Å². The molecular formula is C24H28O3. The van der Waals surface area contributed by atoms with Gasteiger partial charge in [-0.2, -0.15) is 0 Å². The lowest BCUT2D eigenvalue weighted by atomic mass is 9.63. The normalized spacial score (nSPS) is 16.8. The van der Waals surface area contributed by atoms with E-state index < -0.39 is 0 Å². The maximum absolute atomic E-state index is 11.5. The van der Waals surface area contributed by atoms with Crippen molar-refractivity contribution in [3.63, 3.8) is 0 Å². The van der Waals surface area contributed by atoms with Crippen LogP contribution in [0.2, 0.25) is 0 Å². The van der Waals surface area contributed by atoms with E-state index in [1.165, 1.54) is 24.0 Å². The fourth-order valence-electron chi connectivity index (χ4n) is 3.69. The van der Waals surface area contributed by atoms with Gasteiger partial charge >= 0.3 is 5.97 Å². The Kier molecular flexibility index (Phi) is 5.20. The number of carbonyl (C=O) groups is 1. The number of benzene rings is 1. The summed E-state index contributed by atoms with van der Waals surface area (Å²) in [4.78, 5) is 11.5. The number of carbonyl (C=O) groups excluding carboxylic acids is 1. The first-order valence-corrected chi connectivity index (χ1v) is 9.63. The minimum Gasteiger partial charge on any atom is -0.466 e. The Morgan fingerprint density at radius 1 is 1.04 bits per heavy atom. The first kappa shape index (κ1) is 19.3. The van der Waals surface area contributed by atoms with Crippen LogP contribution in [0.15, 0.2) is 34.7 Å². The van der Waals surface area contributed by atoms with E-state index in [1.807, 2.05) is 0 Å². The summed E-state index contributed by atoms with van der Waals surface area (Å²) in [5.74, 6) is 7.13. The number of hydrogen-bond acceptors (Lipinski definition) is 3. The Balaban J connectivity index is 1.82. The Hall–Kier alpha value is -2.47. The Bertz CT molecular complexity index is 903. The molecule has 0 atom stereocenters. The van der Waals surface area contributed by atoms with Gasteiger partial charge in [-0.25, -0.2) is 0 Å². The summed E-state index contributed by atoms with van der Waals surface area (Å²) in [5, 5.41) is 0. The third-order valence-electron chi connectivity index (χ3n) is 5.47. The monoisotopic (exact) mass is 364 g/mol. The van der Waals surface area contributed by atoms with Gasteiger partial charge < -0.3 is 9.15 Å². The van der Waals surface area contributed by atoms with Gasteiger partial charge in [0.1, 0.15) is 12.2 Å². The number of hydrogen-bond donors (Lipinski definition) is 0. The molecule has 0 radical (unpaired) electrons. The number of esters is 1. The number of furan rings is 1. The summed E-state index contributed by atoms with van der Waals surface area (Å²) >= 11 is 0. The fourth-order valence-corrected chi connectivity index (χ4v) is 3.69. The fraction of sp³-hybridized carbons (Fsp3) is 0.458. The van der Waals surface area contributed by atoms with Crippen LogP contribution in [0, 0.1) is 11.8 Å². The molecule has 27 heavy (non-hydrogen) atoms. The van der Waals surface area contributed by atoms with Gasteiger partial charge in [0.05, 0.1) is 6.61 Å². The van der Waals surface area contributed by atoms with Gasteiger partial charge in [-0.05, 0) is 71.9 Å². The molecule has 142 valence electrons. The lowest BCUT2D eigenvalue weighted by molar-refractivity contribution is -0.142. The number of fused-ring (bicyclic) bond motifs is 1. The molecule has 0 spiro atoms. The van der Waals surface area contributed by atoms with E-state index in [4.69, 9.17) is 9.15 Å². The van der Waals surface area contributed by atoms with Crippen LogP contribution in [0.3, 0.4) is 0 Å². The molecular weight excluding hydrogens is 336 g/mol. The van der Waals surface area contributed by atoms with Crippen LogP contribution < -0.4 is 0 Å². The van der Waals surface area contributed by atoms with E-state index in [-0.39, 0.29) is 23.2 Å². The minimum absolute atomic E-state index is 0.137. The average Bonchev–Trinajstić information content (AvgIpc) is 3.05. The Morgan fingerprint density at radius 2 is 1.74 bits per heavy atom. The number of rotatable bonds is 3. The lowest BCUT2D eigenvalue weighted by Gasteiger charge is -2.41. The third-order valence-corrected chi connectivity index (χ3v) is 5.47. The van der Waals surface area contributed by atoms with E-state index in [1.54, 1.807) is 19.1 Å². The van der Waals surface area contributed by atoms with Crippen LogP contribution in [0.1, 0.15) is 75.7 Å². The summed E-state index contributed by atoms with van der Waals surface area (Å²) in [6.07, 6.45) is 2.52. The maximum Gasteiger partial charge on any atom is 0.313 e. The zero-order valence-electron chi connectivity index (χ0n) is 16.9. The first-order valence-electron chi connectivity index (χ1n) is 9.63. The van der Waals surface area contributed by atoms with Gasteiger partial charge in [-0.3, -0.25) is 4.79 Å². The molecule has 1 heterocycles. The molecule has 0 saturated carbocycles. The maximum atomic E-state index is 11.5. The van der Waals surface area contributed by atoms with Crippen LogP contribution in [-0.2, 0) is 26.8 Å². The molecule has 3 nitrogen and oxygen atoms in total. The molecule has 1 aromatic heterocycles. The third kappa shape index (κ3) is 4.27. The molecule has 2 aromatic rings. The standard InChI is InChI=1S/C24H28O3/c1-6-26-22(25)16-19-11-10-18(27-19)9-7-17-8-12-20-21(15-17)24(4,5)14-13-23(20,2)3/h8,10-12,15H,6,13-14,16H2,1-5H3. The zero-order valence-corrected chi connectivity index (χ0v) is 16.9. The van der Waals surface area contributed by atoms with Gasteiger partial charge in [0.2, 0.25) is 0 Å². The van der Waals surface area contributed by atoms with Crippen molar-refractivity contribution in [2.45, 2.75) is 64.7 Å². The van der Waals surface area contributed by atoms with Gasteiger partial charge in [0.15, 0.2) is 5.76 Å². The van der Waals surface area contributed by atoms with Crippen LogP contribution >= 0.6 is 0 Å².